The van der Waals surface area contributed by atoms with E-state index in [4.69, 9.17) is 4.42 Å². The summed E-state index contributed by atoms with van der Waals surface area (Å²) in [7, 11) is 0. The van der Waals surface area contributed by atoms with Crippen LogP contribution in [0.3, 0.4) is 0 Å². The summed E-state index contributed by atoms with van der Waals surface area (Å²) in [5.74, 6) is 0.854. The van der Waals surface area contributed by atoms with Crippen molar-refractivity contribution in [2.75, 3.05) is 0 Å². The first-order chi connectivity index (χ1) is 10.7. The SMILES string of the molecule is O=c1cc([C@@H]2CCC[C@H](O)C2)oc2c1ccc1ccccc12. The van der Waals surface area contributed by atoms with Crippen molar-refractivity contribution in [1.82, 2.24) is 0 Å². The summed E-state index contributed by atoms with van der Waals surface area (Å²) in [5.41, 5.74) is 0.669. The molecule has 4 rings (SSSR count). The minimum absolute atomic E-state index is 0.00191. The van der Waals surface area contributed by atoms with Gasteiger partial charge in [0.15, 0.2) is 5.43 Å². The molecule has 2 aromatic carbocycles. The average molecular weight is 294 g/mol. The molecule has 0 bridgehead atoms. The molecule has 1 aromatic heterocycles. The molecule has 0 saturated heterocycles. The van der Waals surface area contributed by atoms with Crippen LogP contribution in [0.5, 0.6) is 0 Å². The molecule has 0 aliphatic heterocycles. The fourth-order valence-electron chi connectivity index (χ4n) is 3.52. The van der Waals surface area contributed by atoms with E-state index in [0.29, 0.717) is 23.2 Å². The lowest BCUT2D eigenvalue weighted by molar-refractivity contribution is 0.115. The molecular formula is C19H18O3. The highest BCUT2D eigenvalue weighted by Gasteiger charge is 2.24. The molecule has 0 radical (unpaired) electrons. The van der Waals surface area contributed by atoms with Crippen molar-refractivity contribution < 1.29 is 9.52 Å². The molecule has 3 nitrogen and oxygen atoms in total. The number of hydrogen-bond acceptors (Lipinski definition) is 3. The zero-order valence-electron chi connectivity index (χ0n) is 12.3. The van der Waals surface area contributed by atoms with E-state index in [1.165, 1.54) is 0 Å². The van der Waals surface area contributed by atoms with E-state index < -0.39 is 0 Å². The lowest BCUT2D eigenvalue weighted by Crippen LogP contribution is -2.19. The van der Waals surface area contributed by atoms with E-state index in [2.05, 4.69) is 0 Å². The van der Waals surface area contributed by atoms with Gasteiger partial charge >= 0.3 is 0 Å². The summed E-state index contributed by atoms with van der Waals surface area (Å²) in [6, 6.07) is 13.3. The Morgan fingerprint density at radius 2 is 1.91 bits per heavy atom. The van der Waals surface area contributed by atoms with Gasteiger partial charge in [-0.25, -0.2) is 0 Å². The van der Waals surface area contributed by atoms with Crippen LogP contribution in [0.15, 0.2) is 51.7 Å². The molecule has 1 fully saturated rings. The van der Waals surface area contributed by atoms with Crippen LogP contribution in [0.4, 0.5) is 0 Å². The smallest absolute Gasteiger partial charge is 0.192 e. The topological polar surface area (TPSA) is 50.4 Å². The molecule has 1 aliphatic carbocycles. The Bertz CT molecular complexity index is 894. The summed E-state index contributed by atoms with van der Waals surface area (Å²) < 4.78 is 6.13. The minimum Gasteiger partial charge on any atom is -0.460 e. The van der Waals surface area contributed by atoms with Crippen LogP contribution in [0.1, 0.15) is 37.4 Å². The zero-order valence-corrected chi connectivity index (χ0v) is 12.3. The maximum atomic E-state index is 12.4. The molecule has 3 aromatic rings. The van der Waals surface area contributed by atoms with Crippen LogP contribution in [-0.2, 0) is 0 Å². The van der Waals surface area contributed by atoms with E-state index >= 15 is 0 Å². The third kappa shape index (κ3) is 2.22. The number of aliphatic hydroxyl groups is 1. The fraction of sp³-hybridized carbons (Fsp3) is 0.316. The first kappa shape index (κ1) is 13.5. The molecule has 0 amide bonds. The highest BCUT2D eigenvalue weighted by Crippen LogP contribution is 2.34. The van der Waals surface area contributed by atoms with Gasteiger partial charge in [-0.1, -0.05) is 36.8 Å². The quantitative estimate of drug-likeness (QED) is 0.691. The Morgan fingerprint density at radius 1 is 1.05 bits per heavy atom. The lowest BCUT2D eigenvalue weighted by atomic mass is 9.85. The molecule has 1 N–H and O–H groups in total. The number of benzene rings is 2. The van der Waals surface area contributed by atoms with Crippen molar-refractivity contribution in [3.8, 4) is 0 Å². The molecule has 0 spiro atoms. The third-order valence-electron chi connectivity index (χ3n) is 4.69. The van der Waals surface area contributed by atoms with Crippen molar-refractivity contribution in [2.45, 2.75) is 37.7 Å². The second-order valence-electron chi connectivity index (χ2n) is 6.19. The summed E-state index contributed by atoms with van der Waals surface area (Å²) in [6.45, 7) is 0. The Labute approximate surface area is 128 Å². The van der Waals surface area contributed by atoms with Crippen molar-refractivity contribution in [3.05, 3.63) is 58.4 Å². The zero-order chi connectivity index (χ0) is 15.1. The number of fused-ring (bicyclic) bond motifs is 3. The first-order valence-electron chi connectivity index (χ1n) is 7.86. The molecule has 112 valence electrons. The summed E-state index contributed by atoms with van der Waals surface area (Å²) in [6.07, 6.45) is 3.18. The van der Waals surface area contributed by atoms with Crippen molar-refractivity contribution in [2.24, 2.45) is 0 Å². The predicted molar refractivity (Wildman–Crippen MR) is 87.2 cm³/mol. The lowest BCUT2D eigenvalue weighted by Gasteiger charge is -2.25. The number of hydrogen-bond donors (Lipinski definition) is 1. The van der Waals surface area contributed by atoms with Gasteiger partial charge in [0.25, 0.3) is 0 Å². The highest BCUT2D eigenvalue weighted by atomic mass is 16.3. The minimum atomic E-state index is -0.285. The van der Waals surface area contributed by atoms with E-state index in [-0.39, 0.29) is 17.5 Å². The van der Waals surface area contributed by atoms with Crippen LogP contribution >= 0.6 is 0 Å². The molecular weight excluding hydrogens is 276 g/mol. The Hall–Kier alpha value is -2.13. The highest BCUT2D eigenvalue weighted by molar-refractivity contribution is 6.03. The molecule has 0 unspecified atom stereocenters. The molecule has 1 aliphatic rings. The van der Waals surface area contributed by atoms with Crippen molar-refractivity contribution in [1.29, 1.82) is 0 Å². The van der Waals surface area contributed by atoms with E-state index in [9.17, 15) is 9.90 Å². The Kier molecular flexibility index (Phi) is 3.23. The van der Waals surface area contributed by atoms with Crippen LogP contribution < -0.4 is 5.43 Å². The first-order valence-corrected chi connectivity index (χ1v) is 7.86. The molecule has 3 heteroatoms. The van der Waals surface area contributed by atoms with Gasteiger partial charge in [0, 0.05) is 17.4 Å². The van der Waals surface area contributed by atoms with Crippen LogP contribution in [0.25, 0.3) is 21.7 Å². The third-order valence-corrected chi connectivity index (χ3v) is 4.69. The standard InChI is InChI=1S/C19H18O3/c20-14-6-3-5-13(10-14)18-11-17(21)16-9-8-12-4-1-2-7-15(12)19(16)22-18/h1-2,4,7-9,11,13-14,20H,3,5-6,10H2/t13-,14+/m1/s1. The monoisotopic (exact) mass is 294 g/mol. The maximum Gasteiger partial charge on any atom is 0.192 e. The van der Waals surface area contributed by atoms with Crippen LogP contribution in [-0.4, -0.2) is 11.2 Å². The molecule has 22 heavy (non-hydrogen) atoms. The largest absolute Gasteiger partial charge is 0.460 e. The van der Waals surface area contributed by atoms with Gasteiger partial charge in [-0.3, -0.25) is 4.79 Å². The molecule has 2 atom stereocenters. The van der Waals surface area contributed by atoms with Gasteiger partial charge in [0.2, 0.25) is 0 Å². The second-order valence-corrected chi connectivity index (χ2v) is 6.19. The van der Waals surface area contributed by atoms with E-state index in [1.54, 1.807) is 6.07 Å². The second kappa shape index (κ2) is 5.25. The molecule has 1 heterocycles. The Morgan fingerprint density at radius 3 is 2.77 bits per heavy atom. The van der Waals surface area contributed by atoms with E-state index in [1.807, 2.05) is 36.4 Å². The number of aliphatic hydroxyl groups excluding tert-OH is 1. The van der Waals surface area contributed by atoms with Crippen LogP contribution in [0.2, 0.25) is 0 Å². The summed E-state index contributed by atoms with van der Waals surface area (Å²) in [4.78, 5) is 12.4. The van der Waals surface area contributed by atoms with Crippen molar-refractivity contribution >= 4 is 21.7 Å². The number of rotatable bonds is 1. The van der Waals surface area contributed by atoms with Gasteiger partial charge in [-0.15, -0.1) is 0 Å². The van der Waals surface area contributed by atoms with Gasteiger partial charge in [0.1, 0.15) is 11.3 Å². The predicted octanol–water partition coefficient (Wildman–Crippen LogP) is 3.96. The van der Waals surface area contributed by atoms with Crippen LogP contribution in [0, 0.1) is 0 Å². The van der Waals surface area contributed by atoms with Gasteiger partial charge in [0.05, 0.1) is 11.5 Å². The van der Waals surface area contributed by atoms with Gasteiger partial charge in [-0.2, -0.15) is 0 Å². The van der Waals surface area contributed by atoms with Crippen molar-refractivity contribution in [3.63, 3.8) is 0 Å². The summed E-state index contributed by atoms with van der Waals surface area (Å²) in [5, 5.41) is 12.5. The summed E-state index contributed by atoms with van der Waals surface area (Å²) >= 11 is 0. The Balaban J connectivity index is 1.94. The maximum absolute atomic E-state index is 12.4. The fourth-order valence-corrected chi connectivity index (χ4v) is 3.52. The van der Waals surface area contributed by atoms with E-state index in [0.717, 1.165) is 30.0 Å². The normalized spacial score (nSPS) is 22.2. The van der Waals surface area contributed by atoms with Gasteiger partial charge in [-0.05, 0) is 30.7 Å². The molecule has 1 saturated carbocycles. The van der Waals surface area contributed by atoms with Gasteiger partial charge < -0.3 is 9.52 Å². The average Bonchev–Trinajstić information content (AvgIpc) is 2.54.